The number of aromatic nitrogens is 3. The zero-order chi connectivity index (χ0) is 12.4. The molecule has 0 aliphatic rings. The second-order valence-corrected chi connectivity index (χ2v) is 4.53. The first-order valence-corrected chi connectivity index (χ1v) is 5.85. The summed E-state index contributed by atoms with van der Waals surface area (Å²) in [4.78, 5) is 0. The van der Waals surface area contributed by atoms with E-state index in [-0.39, 0.29) is 0 Å². The van der Waals surface area contributed by atoms with Crippen molar-refractivity contribution in [2.24, 2.45) is 5.73 Å². The van der Waals surface area contributed by atoms with Crippen LogP contribution in [-0.2, 0) is 6.54 Å². The Bertz CT molecular complexity index is 514. The molecule has 0 spiro atoms. The van der Waals surface area contributed by atoms with Crippen molar-refractivity contribution in [1.29, 1.82) is 0 Å². The van der Waals surface area contributed by atoms with Crippen LogP contribution in [0.15, 0.2) is 24.3 Å². The first kappa shape index (κ1) is 11.8. The van der Waals surface area contributed by atoms with E-state index in [0.29, 0.717) is 12.5 Å². The molecule has 0 atom stereocenters. The summed E-state index contributed by atoms with van der Waals surface area (Å²) in [6, 6.07) is 8.18. The Hall–Kier alpha value is -1.68. The fourth-order valence-corrected chi connectivity index (χ4v) is 1.92. The van der Waals surface area contributed by atoms with Gasteiger partial charge in [0.25, 0.3) is 0 Å². The van der Waals surface area contributed by atoms with Gasteiger partial charge in [-0.2, -0.15) is 0 Å². The van der Waals surface area contributed by atoms with Crippen LogP contribution in [0.25, 0.3) is 5.69 Å². The maximum atomic E-state index is 5.81. The lowest BCUT2D eigenvalue weighted by Gasteiger charge is -2.08. The zero-order valence-corrected chi connectivity index (χ0v) is 10.5. The third-order valence-corrected chi connectivity index (χ3v) is 2.78. The van der Waals surface area contributed by atoms with Crippen molar-refractivity contribution >= 4 is 0 Å². The number of benzene rings is 1. The maximum absolute atomic E-state index is 5.81. The van der Waals surface area contributed by atoms with Gasteiger partial charge in [-0.1, -0.05) is 31.2 Å². The van der Waals surface area contributed by atoms with E-state index < -0.39 is 0 Å². The lowest BCUT2D eigenvalue weighted by atomic mass is 10.1. The molecule has 0 saturated carbocycles. The maximum Gasteiger partial charge on any atom is 0.0902 e. The van der Waals surface area contributed by atoms with E-state index in [0.717, 1.165) is 17.1 Å². The van der Waals surface area contributed by atoms with Crippen LogP contribution in [0, 0.1) is 6.92 Å². The van der Waals surface area contributed by atoms with Gasteiger partial charge >= 0.3 is 0 Å². The molecule has 0 aliphatic heterocycles. The molecular formula is C13H18N4. The summed E-state index contributed by atoms with van der Waals surface area (Å²) < 4.78 is 1.84. The molecular weight excluding hydrogens is 212 g/mol. The molecule has 1 aromatic heterocycles. The van der Waals surface area contributed by atoms with E-state index in [2.05, 4.69) is 43.2 Å². The number of aryl methyl sites for hydroxylation is 1. The van der Waals surface area contributed by atoms with Crippen LogP contribution < -0.4 is 5.73 Å². The molecule has 2 rings (SSSR count). The minimum atomic E-state index is 0.340. The molecule has 0 fully saturated rings. The molecule has 2 aromatic rings. The number of nitrogens with two attached hydrogens (primary N) is 1. The van der Waals surface area contributed by atoms with Crippen LogP contribution in [0.2, 0.25) is 0 Å². The SMILES string of the molecule is Cc1cccc(-n2nnc(C(C)C)c2CN)c1. The predicted octanol–water partition coefficient (Wildman–Crippen LogP) is 2.16. The average molecular weight is 230 g/mol. The van der Waals surface area contributed by atoms with Gasteiger partial charge in [-0.05, 0) is 30.5 Å². The van der Waals surface area contributed by atoms with E-state index in [1.54, 1.807) is 0 Å². The molecule has 2 N–H and O–H groups in total. The first-order valence-electron chi connectivity index (χ1n) is 5.85. The van der Waals surface area contributed by atoms with Gasteiger partial charge in [0.05, 0.1) is 17.1 Å². The highest BCUT2D eigenvalue weighted by molar-refractivity contribution is 5.37. The fourth-order valence-electron chi connectivity index (χ4n) is 1.92. The highest BCUT2D eigenvalue weighted by Gasteiger charge is 2.15. The van der Waals surface area contributed by atoms with Gasteiger partial charge in [0.2, 0.25) is 0 Å². The number of rotatable bonds is 3. The van der Waals surface area contributed by atoms with E-state index in [1.165, 1.54) is 5.56 Å². The molecule has 0 bridgehead atoms. The lowest BCUT2D eigenvalue weighted by molar-refractivity contribution is 0.760. The highest BCUT2D eigenvalue weighted by Crippen LogP contribution is 2.19. The molecule has 4 heteroatoms. The van der Waals surface area contributed by atoms with Crippen molar-refractivity contribution in [3.8, 4) is 5.69 Å². The topological polar surface area (TPSA) is 56.7 Å². The van der Waals surface area contributed by atoms with Crippen molar-refractivity contribution in [1.82, 2.24) is 15.0 Å². The summed E-state index contributed by atoms with van der Waals surface area (Å²) in [6.45, 7) is 6.72. The summed E-state index contributed by atoms with van der Waals surface area (Å²) in [5, 5.41) is 8.43. The number of hydrogen-bond acceptors (Lipinski definition) is 3. The largest absolute Gasteiger partial charge is 0.325 e. The van der Waals surface area contributed by atoms with Crippen LogP contribution in [0.4, 0.5) is 0 Å². The molecule has 17 heavy (non-hydrogen) atoms. The summed E-state index contributed by atoms with van der Waals surface area (Å²) in [5.41, 5.74) is 10.00. The summed E-state index contributed by atoms with van der Waals surface area (Å²) in [7, 11) is 0. The monoisotopic (exact) mass is 230 g/mol. The van der Waals surface area contributed by atoms with Gasteiger partial charge < -0.3 is 5.73 Å². The number of nitrogens with zero attached hydrogens (tertiary/aromatic N) is 3. The van der Waals surface area contributed by atoms with Crippen LogP contribution in [0.1, 0.15) is 36.7 Å². The molecule has 4 nitrogen and oxygen atoms in total. The molecule has 1 heterocycles. The quantitative estimate of drug-likeness (QED) is 0.879. The summed E-state index contributed by atoms with van der Waals surface area (Å²) >= 11 is 0. The fraction of sp³-hybridized carbons (Fsp3) is 0.385. The van der Waals surface area contributed by atoms with E-state index in [4.69, 9.17) is 5.73 Å². The summed E-state index contributed by atoms with van der Waals surface area (Å²) in [6.07, 6.45) is 0. The van der Waals surface area contributed by atoms with Gasteiger partial charge in [-0.3, -0.25) is 0 Å². The van der Waals surface area contributed by atoms with Gasteiger partial charge in [0, 0.05) is 6.54 Å². The molecule has 0 amide bonds. The molecule has 0 radical (unpaired) electrons. The van der Waals surface area contributed by atoms with Crippen LogP contribution in [0.5, 0.6) is 0 Å². The second kappa shape index (κ2) is 4.67. The van der Waals surface area contributed by atoms with E-state index in [9.17, 15) is 0 Å². The van der Waals surface area contributed by atoms with Gasteiger partial charge in [0.15, 0.2) is 0 Å². The smallest absolute Gasteiger partial charge is 0.0902 e. The van der Waals surface area contributed by atoms with E-state index >= 15 is 0 Å². The Balaban J connectivity index is 2.52. The van der Waals surface area contributed by atoms with Crippen molar-refractivity contribution in [3.63, 3.8) is 0 Å². The van der Waals surface area contributed by atoms with Crippen LogP contribution in [-0.4, -0.2) is 15.0 Å². The van der Waals surface area contributed by atoms with Crippen molar-refractivity contribution in [2.75, 3.05) is 0 Å². The van der Waals surface area contributed by atoms with Crippen molar-refractivity contribution < 1.29 is 0 Å². The minimum absolute atomic E-state index is 0.340. The molecule has 0 saturated heterocycles. The Morgan fingerprint density at radius 1 is 1.35 bits per heavy atom. The zero-order valence-electron chi connectivity index (χ0n) is 10.5. The van der Waals surface area contributed by atoms with Crippen molar-refractivity contribution in [3.05, 3.63) is 41.2 Å². The standard InChI is InChI=1S/C13H18N4/c1-9(2)13-12(8-14)17(16-15-13)11-6-4-5-10(3)7-11/h4-7,9H,8,14H2,1-3H3. The molecule has 1 aromatic carbocycles. The summed E-state index contributed by atoms with van der Waals surface area (Å²) in [5.74, 6) is 0.340. The Morgan fingerprint density at radius 3 is 2.71 bits per heavy atom. The lowest BCUT2D eigenvalue weighted by Crippen LogP contribution is -2.09. The minimum Gasteiger partial charge on any atom is -0.325 e. The Kier molecular flexibility index (Phi) is 3.24. The number of hydrogen-bond donors (Lipinski definition) is 1. The average Bonchev–Trinajstić information content (AvgIpc) is 2.72. The van der Waals surface area contributed by atoms with Crippen molar-refractivity contribution in [2.45, 2.75) is 33.2 Å². The molecule has 0 unspecified atom stereocenters. The van der Waals surface area contributed by atoms with Crippen LogP contribution in [0.3, 0.4) is 0 Å². The Morgan fingerprint density at radius 2 is 2.12 bits per heavy atom. The molecule has 90 valence electrons. The second-order valence-electron chi connectivity index (χ2n) is 4.53. The van der Waals surface area contributed by atoms with Gasteiger partial charge in [-0.25, -0.2) is 4.68 Å². The Labute approximate surface area is 101 Å². The van der Waals surface area contributed by atoms with E-state index in [1.807, 2.05) is 16.8 Å². The van der Waals surface area contributed by atoms with Gasteiger partial charge in [-0.15, -0.1) is 5.10 Å². The third-order valence-electron chi connectivity index (χ3n) is 2.78. The predicted molar refractivity (Wildman–Crippen MR) is 68.1 cm³/mol. The highest BCUT2D eigenvalue weighted by atomic mass is 15.4. The first-order chi connectivity index (χ1) is 8.13. The van der Waals surface area contributed by atoms with Gasteiger partial charge in [0.1, 0.15) is 0 Å². The normalized spacial score (nSPS) is 11.1. The van der Waals surface area contributed by atoms with Crippen LogP contribution >= 0.6 is 0 Å². The third kappa shape index (κ3) is 2.22. The molecule has 0 aliphatic carbocycles.